The number of amidine groups is 4. The number of aromatic nitrogens is 4. The van der Waals surface area contributed by atoms with Crippen molar-refractivity contribution in [3.63, 3.8) is 0 Å². The number of fused-ring (bicyclic) bond motifs is 18. The molecule has 0 N–H and O–H groups in total. The van der Waals surface area contributed by atoms with Crippen molar-refractivity contribution in [3.05, 3.63) is 190 Å². The summed E-state index contributed by atoms with van der Waals surface area (Å²) in [5, 5.41) is 9.10. The van der Waals surface area contributed by atoms with Crippen molar-refractivity contribution < 1.29 is 52.9 Å². The Morgan fingerprint density at radius 2 is 0.573 bits per heavy atom. The van der Waals surface area contributed by atoms with E-state index in [1.807, 2.05) is 55.4 Å². The molecule has 96 heavy (non-hydrogen) atoms. The summed E-state index contributed by atoms with van der Waals surface area (Å²) >= 11 is 8.00. The largest absolute Gasteiger partial charge is 0.612 e. The van der Waals surface area contributed by atoms with E-state index in [0.29, 0.717) is 0 Å². The fraction of sp³-hybridized carbons (Fsp3) is 0.314. The molecule has 500 valence electrons. The van der Waals surface area contributed by atoms with Crippen LogP contribution in [-0.4, -0.2) is 100 Å². The molecule has 8 aliphatic rings. The van der Waals surface area contributed by atoms with Gasteiger partial charge in [0.15, 0.2) is 0 Å². The second-order valence-electron chi connectivity index (χ2n) is 21.7. The van der Waals surface area contributed by atoms with Crippen LogP contribution in [0.25, 0.3) is 43.1 Å². The van der Waals surface area contributed by atoms with Crippen LogP contribution in [0.4, 0.5) is 67.2 Å². The van der Waals surface area contributed by atoms with E-state index in [4.69, 9.17) is 30.0 Å². The van der Waals surface area contributed by atoms with Crippen LogP contribution in [0.3, 0.4) is 0 Å². The number of hydrogen-bond acceptors (Lipinski definition) is 8. The number of aliphatic imine (C=N–C) groups is 2. The zero-order chi connectivity index (χ0) is 69.9. The van der Waals surface area contributed by atoms with E-state index in [9.17, 15) is 43.9 Å². The molecular formula is C70H74B2F10N12S2+2. The maximum atomic E-state index is 11.1. The molecule has 0 bridgehead atoms. The first-order chi connectivity index (χ1) is 46.1. The van der Waals surface area contributed by atoms with Crippen LogP contribution in [0.15, 0.2) is 176 Å². The Balaban J connectivity index is 0.000000155. The van der Waals surface area contributed by atoms with E-state index in [0.717, 1.165) is 145 Å². The van der Waals surface area contributed by atoms with Gasteiger partial charge in [0.2, 0.25) is 22.6 Å². The second-order valence-corrected chi connectivity index (χ2v) is 22.6. The van der Waals surface area contributed by atoms with Crippen LogP contribution < -0.4 is 22.0 Å². The van der Waals surface area contributed by atoms with Gasteiger partial charge in [-0.15, -0.1) is 0 Å². The lowest BCUT2D eigenvalue weighted by Crippen LogP contribution is -2.60. The highest BCUT2D eigenvalue weighted by Crippen LogP contribution is 2.46. The predicted octanol–water partition coefficient (Wildman–Crippen LogP) is 17.4. The average molecular weight is 1360 g/mol. The molecule has 10 aromatic rings. The molecule has 0 unspecified atom stereocenters. The molecule has 12 heterocycles. The van der Waals surface area contributed by atoms with E-state index in [1.54, 1.807) is 0 Å². The fourth-order valence-electron chi connectivity index (χ4n) is 11.7. The zero-order valence-electron chi connectivity index (χ0n) is 55.3. The Morgan fingerprint density at radius 1 is 0.344 bits per heavy atom. The minimum absolute atomic E-state index is 0.0975. The predicted molar refractivity (Wildman–Crippen MR) is 375 cm³/mol. The van der Waals surface area contributed by atoms with Crippen LogP contribution in [0, 0.1) is 0 Å². The number of halogens is 10. The number of nitrogens with zero attached hydrogens (tertiary/aromatic N) is 12. The van der Waals surface area contributed by atoms with Gasteiger partial charge in [0.25, 0.3) is 23.3 Å². The molecule has 0 atom stereocenters. The van der Waals surface area contributed by atoms with Gasteiger partial charge in [-0.05, 0) is 72.9 Å². The van der Waals surface area contributed by atoms with Crippen LogP contribution in [0.1, 0.15) is 131 Å². The van der Waals surface area contributed by atoms with Crippen molar-refractivity contribution in [3.8, 4) is 0 Å². The summed E-state index contributed by atoms with van der Waals surface area (Å²) in [5.41, 5.74) is 8.43. The van der Waals surface area contributed by atoms with Crippen LogP contribution >= 0.6 is 25.3 Å². The summed E-state index contributed by atoms with van der Waals surface area (Å²) in [6.07, 6.45) is -5.75. The average Bonchev–Trinajstić information content (AvgIpc) is 1.51. The standard InChI is InChI=1S/2C24H12BN6.2C4H10S.2C3H3F5.4C2H6/c2*1-2-8-14-13(7-1)19-26-21-15-9-3-4-10-16(15)23-28-24-18-12-6-5-11-17(18)22-27-20(14)29(19)25(30(21)23)31(22)24;2*1-2-3-4-5;2*1-2(4,5)3(6,7)8;4*1-2/h2*1-12H;2*5H,2-4H2,1H3;2*1H3;4*1-2H3/q2*+1;;;;;;;;. The molecular weight excluding hydrogens is 1280 g/mol. The second kappa shape index (κ2) is 29.1. The van der Waals surface area contributed by atoms with Gasteiger partial charge in [-0.2, -0.15) is 69.2 Å². The molecule has 8 aliphatic heterocycles. The van der Waals surface area contributed by atoms with Gasteiger partial charge >= 0.3 is 38.4 Å². The smallest absolute Gasteiger partial charge is 0.283 e. The van der Waals surface area contributed by atoms with E-state index in [-0.39, 0.29) is 28.1 Å². The summed E-state index contributed by atoms with van der Waals surface area (Å²) in [7, 11) is -0.195. The van der Waals surface area contributed by atoms with E-state index < -0.39 is 24.2 Å². The minimum Gasteiger partial charge on any atom is -0.283 e. The summed E-state index contributed by atoms with van der Waals surface area (Å²) < 4.78 is 123. The highest BCUT2D eigenvalue weighted by molar-refractivity contribution is 7.80. The molecule has 0 saturated carbocycles. The van der Waals surface area contributed by atoms with Crippen molar-refractivity contribution >= 4 is 129 Å². The lowest BCUT2D eigenvalue weighted by Gasteiger charge is -2.25. The molecule has 26 heteroatoms. The normalized spacial score (nSPS) is 14.0. The van der Waals surface area contributed by atoms with E-state index >= 15 is 0 Å². The maximum Gasteiger partial charge on any atom is 0.612 e. The molecule has 0 aliphatic carbocycles. The molecule has 6 aromatic carbocycles. The van der Waals surface area contributed by atoms with Crippen molar-refractivity contribution in [2.45, 2.75) is 133 Å². The summed E-state index contributed by atoms with van der Waals surface area (Å²) in [6.45, 7) is 20.0. The first-order valence-electron chi connectivity index (χ1n) is 32.3. The van der Waals surface area contributed by atoms with Crippen LogP contribution in [0.5, 0.6) is 0 Å². The molecule has 0 spiro atoms. The molecule has 18 rings (SSSR count). The van der Waals surface area contributed by atoms with Gasteiger partial charge in [0, 0.05) is 56.9 Å². The lowest BCUT2D eigenvalue weighted by molar-refractivity contribution is -0.273. The summed E-state index contributed by atoms with van der Waals surface area (Å²) in [4.78, 5) is 31.1. The molecule has 0 radical (unpaired) electrons. The lowest BCUT2D eigenvalue weighted by atomic mass is 9.87. The van der Waals surface area contributed by atoms with Crippen molar-refractivity contribution in [1.29, 1.82) is 0 Å². The van der Waals surface area contributed by atoms with Gasteiger partial charge < -0.3 is 0 Å². The van der Waals surface area contributed by atoms with Crippen molar-refractivity contribution in [2.75, 3.05) is 11.5 Å². The maximum absolute atomic E-state index is 11.1. The Morgan fingerprint density at radius 3 is 0.812 bits per heavy atom. The quantitative estimate of drug-likeness (QED) is 0.0997. The third-order valence-electron chi connectivity index (χ3n) is 15.9. The van der Waals surface area contributed by atoms with Gasteiger partial charge in [0.1, 0.15) is 22.6 Å². The van der Waals surface area contributed by atoms with Gasteiger partial charge in [-0.1, -0.05) is 199 Å². The molecule has 12 nitrogen and oxygen atoms in total. The Hall–Kier alpha value is -8.51. The number of benzene rings is 6. The summed E-state index contributed by atoms with van der Waals surface area (Å²) in [6, 6.07) is 50.8. The topological polar surface area (TPSA) is 99.9 Å². The highest BCUT2D eigenvalue weighted by Gasteiger charge is 2.57. The highest BCUT2D eigenvalue weighted by atomic mass is 32.1. The Bertz CT molecular complexity index is 4630. The number of unbranched alkanes of at least 4 members (excludes halogenated alkanes) is 2. The zero-order valence-corrected chi connectivity index (χ0v) is 57.1. The minimum atomic E-state index is -5.40. The molecule has 0 saturated heterocycles. The van der Waals surface area contributed by atoms with Gasteiger partial charge in [-0.25, -0.2) is 19.0 Å². The SMILES string of the molecule is CC.CC.CC.CC.CC(F)(F)C(F)(F)F.CC(F)(F)C(F)(F)F.CCCCS.CCCCS.c1ccc2c(c1)C1=Nc3c4ccccc4c4n3B3n5c(c6ccccc6c5=N4)=NC2=[N+]31.c1ccc2c(c1)C1=Nc3c4ccccc4c4n3B3n5c(c6ccccc6c5=N4)=NC2=[N+]31. The first kappa shape index (κ1) is 71.8. The van der Waals surface area contributed by atoms with Gasteiger partial charge in [0.05, 0.1) is 22.3 Å². The molecule has 0 amide bonds. The Labute approximate surface area is 561 Å². The molecule has 0 fully saturated rings. The van der Waals surface area contributed by atoms with Crippen LogP contribution in [0.2, 0.25) is 0 Å². The number of rotatable bonds is 4. The number of thiol groups is 2. The number of alkyl halides is 10. The van der Waals surface area contributed by atoms with E-state index in [1.165, 1.54) is 25.7 Å². The Kier molecular flexibility index (Phi) is 21.7. The van der Waals surface area contributed by atoms with E-state index in [2.05, 4.69) is 212 Å². The van der Waals surface area contributed by atoms with Crippen molar-refractivity contribution in [1.82, 2.24) is 17.9 Å². The fourth-order valence-corrected chi connectivity index (χ4v) is 12.3. The van der Waals surface area contributed by atoms with Crippen molar-refractivity contribution in [2.24, 2.45) is 30.0 Å². The summed E-state index contributed by atoms with van der Waals surface area (Å²) in [5.74, 6) is 0.714. The number of hydrogen-bond donors (Lipinski definition) is 2. The third kappa shape index (κ3) is 12.2. The third-order valence-corrected chi connectivity index (χ3v) is 16.5. The molecule has 4 aromatic heterocycles. The van der Waals surface area contributed by atoms with Gasteiger partial charge in [-0.3, -0.25) is 17.9 Å². The first-order valence-corrected chi connectivity index (χ1v) is 33.6. The van der Waals surface area contributed by atoms with Crippen LogP contribution in [-0.2, 0) is 0 Å². The monoisotopic (exact) mass is 1360 g/mol.